The van der Waals surface area contributed by atoms with Crippen LogP contribution in [0.2, 0.25) is 0 Å². The molecule has 0 saturated carbocycles. The molecule has 0 unspecified atom stereocenters. The standard InChI is InChI=1S/C24H30O2P2/c1-17-18(2)20(4)27(19(17)3)15-16-28(23-13-9-7-11-21(23)25-5)24-14-10-8-12-22(24)26-6/h7-14H,15-16H2,1-6H3. The van der Waals surface area contributed by atoms with Crippen molar-refractivity contribution in [3.8, 4) is 11.5 Å². The maximum absolute atomic E-state index is 5.73. The maximum atomic E-state index is 5.73. The predicted octanol–water partition coefficient (Wildman–Crippen LogP) is 6.06. The molecule has 0 spiro atoms. The fourth-order valence-corrected chi connectivity index (χ4v) is 9.87. The molecule has 3 aromatic rings. The molecule has 3 rings (SSSR count). The van der Waals surface area contributed by atoms with Crippen molar-refractivity contribution in [3.63, 3.8) is 0 Å². The van der Waals surface area contributed by atoms with Gasteiger partial charge >= 0.3 is 0 Å². The lowest BCUT2D eigenvalue weighted by molar-refractivity contribution is 0.417. The van der Waals surface area contributed by atoms with E-state index in [9.17, 15) is 0 Å². The molecular weight excluding hydrogens is 382 g/mol. The second-order valence-electron chi connectivity index (χ2n) is 7.07. The number of hydrogen-bond acceptors (Lipinski definition) is 2. The molecule has 148 valence electrons. The van der Waals surface area contributed by atoms with Crippen LogP contribution in [0.4, 0.5) is 0 Å². The largest absolute Gasteiger partial charge is 0.496 e. The minimum absolute atomic E-state index is 0.193. The first kappa shape index (κ1) is 21.0. The van der Waals surface area contributed by atoms with Crippen LogP contribution in [0, 0.1) is 27.7 Å². The third-order valence-corrected chi connectivity index (χ3v) is 11.6. The van der Waals surface area contributed by atoms with Crippen molar-refractivity contribution in [1.82, 2.24) is 0 Å². The van der Waals surface area contributed by atoms with Crippen molar-refractivity contribution in [1.29, 1.82) is 0 Å². The molecule has 0 aliphatic carbocycles. The highest BCUT2D eigenvalue weighted by Gasteiger charge is 2.22. The second kappa shape index (κ2) is 9.17. The highest BCUT2D eigenvalue weighted by molar-refractivity contribution is 7.73. The van der Waals surface area contributed by atoms with Crippen molar-refractivity contribution in [2.75, 3.05) is 20.4 Å². The fourth-order valence-electron chi connectivity index (χ4n) is 3.81. The van der Waals surface area contributed by atoms with Crippen LogP contribution >= 0.6 is 15.5 Å². The van der Waals surface area contributed by atoms with Crippen LogP contribution in [-0.2, 0) is 6.16 Å². The number of methoxy groups -OCH3 is 2. The third kappa shape index (κ3) is 4.00. The minimum Gasteiger partial charge on any atom is -0.496 e. The van der Waals surface area contributed by atoms with Gasteiger partial charge in [0.25, 0.3) is 0 Å². The average molecular weight is 412 g/mol. The van der Waals surface area contributed by atoms with Gasteiger partial charge in [-0.05, 0) is 81.8 Å². The normalized spacial score (nSPS) is 11.1. The first-order valence-electron chi connectivity index (χ1n) is 9.66. The van der Waals surface area contributed by atoms with E-state index < -0.39 is 7.92 Å². The zero-order valence-electron chi connectivity index (χ0n) is 17.7. The molecule has 28 heavy (non-hydrogen) atoms. The van der Waals surface area contributed by atoms with Crippen LogP contribution in [0.1, 0.15) is 21.7 Å². The van der Waals surface area contributed by atoms with E-state index in [4.69, 9.17) is 9.47 Å². The monoisotopic (exact) mass is 412 g/mol. The molecule has 1 heterocycles. The molecule has 0 atom stereocenters. The van der Waals surface area contributed by atoms with E-state index in [1.54, 1.807) is 24.8 Å². The van der Waals surface area contributed by atoms with Crippen LogP contribution in [0.25, 0.3) is 0 Å². The van der Waals surface area contributed by atoms with Crippen molar-refractivity contribution in [2.45, 2.75) is 33.9 Å². The van der Waals surface area contributed by atoms with Crippen molar-refractivity contribution in [2.24, 2.45) is 0 Å². The van der Waals surface area contributed by atoms with E-state index in [1.165, 1.54) is 27.9 Å². The molecule has 0 fully saturated rings. The fraction of sp³-hybridized carbons (Fsp3) is 0.333. The van der Waals surface area contributed by atoms with Gasteiger partial charge in [0.2, 0.25) is 0 Å². The van der Waals surface area contributed by atoms with Gasteiger partial charge in [-0.1, -0.05) is 36.4 Å². The molecule has 0 aliphatic rings. The summed E-state index contributed by atoms with van der Waals surface area (Å²) < 4.78 is 11.5. The smallest absolute Gasteiger partial charge is 0.126 e. The molecule has 0 radical (unpaired) electrons. The van der Waals surface area contributed by atoms with E-state index >= 15 is 0 Å². The van der Waals surface area contributed by atoms with Gasteiger partial charge in [-0.15, -0.1) is 7.53 Å². The van der Waals surface area contributed by atoms with Crippen LogP contribution in [-0.4, -0.2) is 20.4 Å². The lowest BCUT2D eigenvalue weighted by Crippen LogP contribution is -2.18. The van der Waals surface area contributed by atoms with Gasteiger partial charge in [-0.25, -0.2) is 0 Å². The van der Waals surface area contributed by atoms with Crippen LogP contribution in [0.5, 0.6) is 11.5 Å². The average Bonchev–Trinajstić information content (AvgIpc) is 2.92. The minimum atomic E-state index is -0.566. The summed E-state index contributed by atoms with van der Waals surface area (Å²) in [5, 5.41) is 5.80. The maximum Gasteiger partial charge on any atom is 0.126 e. The molecule has 0 saturated heterocycles. The molecule has 2 nitrogen and oxygen atoms in total. The Balaban J connectivity index is 2.04. The van der Waals surface area contributed by atoms with Gasteiger partial charge in [-0.3, -0.25) is 0 Å². The Morgan fingerprint density at radius 2 is 1.14 bits per heavy atom. The van der Waals surface area contributed by atoms with Gasteiger partial charge in [0.05, 0.1) is 14.2 Å². The molecule has 0 aliphatic heterocycles. The zero-order chi connectivity index (χ0) is 20.3. The summed E-state index contributed by atoms with van der Waals surface area (Å²) in [6.07, 6.45) is 2.35. The van der Waals surface area contributed by atoms with E-state index in [1.807, 2.05) is 12.1 Å². The first-order chi connectivity index (χ1) is 13.5. The molecule has 0 bridgehead atoms. The Morgan fingerprint density at radius 3 is 1.57 bits per heavy atom. The summed E-state index contributed by atoms with van der Waals surface area (Å²) in [5.41, 5.74) is 3.00. The summed E-state index contributed by atoms with van der Waals surface area (Å²) in [4.78, 5) is 0. The van der Waals surface area contributed by atoms with E-state index in [2.05, 4.69) is 64.1 Å². The van der Waals surface area contributed by atoms with Crippen LogP contribution < -0.4 is 20.1 Å². The lowest BCUT2D eigenvalue weighted by atomic mass is 10.2. The predicted molar refractivity (Wildman–Crippen MR) is 125 cm³/mol. The number of para-hydroxylation sites is 2. The second-order valence-corrected chi connectivity index (χ2v) is 12.0. The number of ether oxygens (including phenoxy) is 2. The Hall–Kier alpha value is -1.75. The Morgan fingerprint density at radius 1 is 0.714 bits per heavy atom. The zero-order valence-corrected chi connectivity index (χ0v) is 19.5. The first-order valence-corrected chi connectivity index (χ1v) is 12.7. The summed E-state index contributed by atoms with van der Waals surface area (Å²) in [6.45, 7) is 9.21. The highest BCUT2D eigenvalue weighted by atomic mass is 31.1. The molecular formula is C24H30O2P2. The molecule has 1 aromatic heterocycles. The lowest BCUT2D eigenvalue weighted by Gasteiger charge is -2.23. The van der Waals surface area contributed by atoms with E-state index in [-0.39, 0.29) is 7.53 Å². The van der Waals surface area contributed by atoms with Crippen molar-refractivity contribution >= 4 is 26.1 Å². The van der Waals surface area contributed by atoms with Gasteiger partial charge in [-0.2, -0.15) is 0 Å². The van der Waals surface area contributed by atoms with Crippen molar-refractivity contribution < 1.29 is 9.47 Å². The summed E-state index contributed by atoms with van der Waals surface area (Å²) in [6, 6.07) is 16.9. The summed E-state index contributed by atoms with van der Waals surface area (Å²) in [7, 11) is 2.77. The Labute approximate surface area is 171 Å². The Kier molecular flexibility index (Phi) is 6.86. The van der Waals surface area contributed by atoms with E-state index in [0.29, 0.717) is 0 Å². The third-order valence-electron chi connectivity index (χ3n) is 5.76. The van der Waals surface area contributed by atoms with Gasteiger partial charge in [0, 0.05) is 10.6 Å². The highest BCUT2D eigenvalue weighted by Crippen LogP contribution is 2.49. The van der Waals surface area contributed by atoms with Gasteiger partial charge in [0.15, 0.2) is 0 Å². The van der Waals surface area contributed by atoms with Crippen LogP contribution in [0.3, 0.4) is 0 Å². The topological polar surface area (TPSA) is 18.5 Å². The number of hydrogen-bond donors (Lipinski definition) is 0. The van der Waals surface area contributed by atoms with Crippen molar-refractivity contribution in [3.05, 3.63) is 70.2 Å². The SMILES string of the molecule is COc1ccccc1P(CCp1c(C)c(C)c(C)c1C)c1ccccc1OC. The molecule has 0 N–H and O–H groups in total. The van der Waals surface area contributed by atoms with Crippen LogP contribution in [0.15, 0.2) is 48.5 Å². The number of rotatable bonds is 7. The molecule has 2 aromatic carbocycles. The summed E-state index contributed by atoms with van der Waals surface area (Å²) >= 11 is 0. The Bertz CT molecular complexity index is 886. The van der Waals surface area contributed by atoms with Gasteiger partial charge in [0.1, 0.15) is 11.5 Å². The van der Waals surface area contributed by atoms with E-state index in [0.717, 1.165) is 17.7 Å². The molecule has 4 heteroatoms. The van der Waals surface area contributed by atoms with Gasteiger partial charge < -0.3 is 9.47 Å². The quantitative estimate of drug-likeness (QED) is 0.440. The summed E-state index contributed by atoms with van der Waals surface area (Å²) in [5.74, 6) is 1.95. The molecule has 0 amide bonds. The number of benzene rings is 2.